The van der Waals surface area contributed by atoms with Crippen LogP contribution < -0.4 is 10.6 Å². The van der Waals surface area contributed by atoms with Gasteiger partial charge in [0.15, 0.2) is 0 Å². The predicted molar refractivity (Wildman–Crippen MR) is 66.8 cm³/mol. The summed E-state index contributed by atoms with van der Waals surface area (Å²) < 4.78 is 0. The molecular formula is C12H24N2O3. The highest BCUT2D eigenvalue weighted by Gasteiger charge is 2.35. The molecule has 0 aromatic carbocycles. The number of carboxylic acid groups (broad SMARTS) is 1. The van der Waals surface area contributed by atoms with Crippen LogP contribution in [0.4, 0.5) is 0 Å². The summed E-state index contributed by atoms with van der Waals surface area (Å²) in [6.45, 7) is 6.26. The van der Waals surface area contributed by atoms with E-state index in [0.29, 0.717) is 19.4 Å². The maximum atomic E-state index is 11.7. The van der Waals surface area contributed by atoms with E-state index in [0.717, 1.165) is 0 Å². The van der Waals surface area contributed by atoms with Crippen molar-refractivity contribution in [3.05, 3.63) is 0 Å². The van der Waals surface area contributed by atoms with Crippen LogP contribution in [0, 0.1) is 11.3 Å². The van der Waals surface area contributed by atoms with Crippen molar-refractivity contribution in [3.8, 4) is 0 Å². The summed E-state index contributed by atoms with van der Waals surface area (Å²) >= 11 is 0. The molecule has 0 fully saturated rings. The average Bonchev–Trinajstić information content (AvgIpc) is 2.30. The molecule has 0 saturated heterocycles. The van der Waals surface area contributed by atoms with Crippen molar-refractivity contribution in [2.24, 2.45) is 11.3 Å². The number of aliphatic carboxylic acids is 1. The van der Waals surface area contributed by atoms with Gasteiger partial charge in [-0.25, -0.2) is 0 Å². The van der Waals surface area contributed by atoms with Gasteiger partial charge in [0.25, 0.3) is 0 Å². The first-order valence-corrected chi connectivity index (χ1v) is 6.09. The van der Waals surface area contributed by atoms with Crippen LogP contribution in [0.1, 0.15) is 33.6 Å². The molecule has 0 saturated carbocycles. The lowest BCUT2D eigenvalue weighted by atomic mass is 9.82. The molecule has 5 nitrogen and oxygen atoms in total. The average molecular weight is 244 g/mol. The predicted octanol–water partition coefficient (Wildman–Crippen LogP) is 0.849. The van der Waals surface area contributed by atoms with E-state index in [1.54, 1.807) is 7.05 Å². The molecule has 1 atom stereocenters. The van der Waals surface area contributed by atoms with E-state index in [1.165, 1.54) is 0 Å². The number of hydrogen-bond donors (Lipinski definition) is 3. The number of nitrogens with one attached hydrogen (secondary N) is 2. The fourth-order valence-corrected chi connectivity index (χ4v) is 1.71. The first kappa shape index (κ1) is 15.9. The number of carbonyl (C=O) groups is 2. The zero-order valence-corrected chi connectivity index (χ0v) is 11.2. The minimum Gasteiger partial charge on any atom is -0.481 e. The van der Waals surface area contributed by atoms with Gasteiger partial charge in [0.2, 0.25) is 5.91 Å². The zero-order chi connectivity index (χ0) is 13.5. The van der Waals surface area contributed by atoms with Crippen molar-refractivity contribution in [2.75, 3.05) is 20.1 Å². The molecule has 0 aliphatic heterocycles. The summed E-state index contributed by atoms with van der Waals surface area (Å²) in [7, 11) is 1.78. The third-order valence-electron chi connectivity index (χ3n) is 3.37. The lowest BCUT2D eigenvalue weighted by Crippen LogP contribution is -2.44. The van der Waals surface area contributed by atoms with Crippen molar-refractivity contribution in [2.45, 2.75) is 33.6 Å². The second-order valence-electron chi connectivity index (χ2n) is 4.47. The van der Waals surface area contributed by atoms with Crippen molar-refractivity contribution in [1.29, 1.82) is 0 Å². The molecule has 0 aromatic rings. The fourth-order valence-electron chi connectivity index (χ4n) is 1.71. The van der Waals surface area contributed by atoms with Crippen LogP contribution in [0.15, 0.2) is 0 Å². The summed E-state index contributed by atoms with van der Waals surface area (Å²) in [6.07, 6.45) is 1.03. The SMILES string of the molecule is CCC(CC)(CNC(=O)C(C)CNC)C(=O)O. The summed E-state index contributed by atoms with van der Waals surface area (Å²) in [5.74, 6) is -1.10. The quantitative estimate of drug-likeness (QED) is 0.591. The number of hydrogen-bond acceptors (Lipinski definition) is 3. The van der Waals surface area contributed by atoms with E-state index in [4.69, 9.17) is 0 Å². The van der Waals surface area contributed by atoms with Gasteiger partial charge in [-0.3, -0.25) is 9.59 Å². The van der Waals surface area contributed by atoms with E-state index >= 15 is 0 Å². The van der Waals surface area contributed by atoms with Crippen molar-refractivity contribution in [3.63, 3.8) is 0 Å². The molecule has 0 radical (unpaired) electrons. The highest BCUT2D eigenvalue weighted by molar-refractivity contribution is 5.80. The van der Waals surface area contributed by atoms with E-state index in [9.17, 15) is 14.7 Å². The summed E-state index contributed by atoms with van der Waals surface area (Å²) in [5, 5.41) is 14.9. The summed E-state index contributed by atoms with van der Waals surface area (Å²) in [6, 6.07) is 0. The molecule has 1 amide bonds. The Kier molecular flexibility index (Phi) is 6.80. The normalized spacial score (nSPS) is 13.2. The van der Waals surface area contributed by atoms with Crippen molar-refractivity contribution in [1.82, 2.24) is 10.6 Å². The van der Waals surface area contributed by atoms with Crippen molar-refractivity contribution >= 4 is 11.9 Å². The molecule has 1 unspecified atom stereocenters. The third-order valence-corrected chi connectivity index (χ3v) is 3.37. The van der Waals surface area contributed by atoms with Crippen LogP contribution in [0.5, 0.6) is 0 Å². The fraction of sp³-hybridized carbons (Fsp3) is 0.833. The Labute approximate surface area is 103 Å². The second-order valence-corrected chi connectivity index (χ2v) is 4.47. The van der Waals surface area contributed by atoms with Crippen LogP contribution in [-0.2, 0) is 9.59 Å². The second kappa shape index (κ2) is 7.27. The van der Waals surface area contributed by atoms with Gasteiger partial charge in [0, 0.05) is 19.0 Å². The zero-order valence-electron chi connectivity index (χ0n) is 11.2. The highest BCUT2D eigenvalue weighted by atomic mass is 16.4. The van der Waals surface area contributed by atoms with Gasteiger partial charge in [-0.2, -0.15) is 0 Å². The molecule has 0 heterocycles. The molecule has 0 bridgehead atoms. The molecule has 0 rings (SSSR count). The van der Waals surface area contributed by atoms with Gasteiger partial charge in [-0.05, 0) is 19.9 Å². The monoisotopic (exact) mass is 244 g/mol. The van der Waals surface area contributed by atoms with Gasteiger partial charge >= 0.3 is 5.97 Å². The molecule has 5 heteroatoms. The topological polar surface area (TPSA) is 78.4 Å². The van der Waals surface area contributed by atoms with Gasteiger partial charge in [0.1, 0.15) is 0 Å². The van der Waals surface area contributed by atoms with Crippen LogP contribution in [0.2, 0.25) is 0 Å². The Bertz CT molecular complexity index is 262. The lowest BCUT2D eigenvalue weighted by Gasteiger charge is -2.27. The Balaban J connectivity index is 4.41. The molecule has 0 spiro atoms. The number of carbonyl (C=O) groups excluding carboxylic acids is 1. The Morgan fingerprint density at radius 2 is 1.82 bits per heavy atom. The largest absolute Gasteiger partial charge is 0.481 e. The molecular weight excluding hydrogens is 220 g/mol. The van der Waals surface area contributed by atoms with E-state index < -0.39 is 11.4 Å². The van der Waals surface area contributed by atoms with E-state index in [-0.39, 0.29) is 18.4 Å². The molecule has 0 aliphatic rings. The minimum absolute atomic E-state index is 0.105. The summed E-state index contributed by atoms with van der Waals surface area (Å²) in [5.41, 5.74) is -0.838. The minimum atomic E-state index is -0.843. The molecule has 100 valence electrons. The molecule has 17 heavy (non-hydrogen) atoms. The third kappa shape index (κ3) is 4.34. The van der Waals surface area contributed by atoms with Crippen molar-refractivity contribution < 1.29 is 14.7 Å². The first-order valence-electron chi connectivity index (χ1n) is 6.09. The Morgan fingerprint density at radius 1 is 1.29 bits per heavy atom. The molecule has 3 N–H and O–H groups in total. The lowest BCUT2D eigenvalue weighted by molar-refractivity contribution is -0.149. The maximum absolute atomic E-state index is 11.7. The van der Waals surface area contributed by atoms with E-state index in [2.05, 4.69) is 10.6 Å². The van der Waals surface area contributed by atoms with Gasteiger partial charge in [0.05, 0.1) is 5.41 Å². The maximum Gasteiger partial charge on any atom is 0.311 e. The van der Waals surface area contributed by atoms with Gasteiger partial charge < -0.3 is 15.7 Å². The van der Waals surface area contributed by atoms with Gasteiger partial charge in [-0.1, -0.05) is 20.8 Å². The van der Waals surface area contributed by atoms with Crippen LogP contribution >= 0.6 is 0 Å². The molecule has 0 aliphatic carbocycles. The number of rotatable bonds is 8. The van der Waals surface area contributed by atoms with Gasteiger partial charge in [-0.15, -0.1) is 0 Å². The van der Waals surface area contributed by atoms with Crippen LogP contribution in [-0.4, -0.2) is 37.1 Å². The Morgan fingerprint density at radius 3 is 2.18 bits per heavy atom. The smallest absolute Gasteiger partial charge is 0.311 e. The summed E-state index contributed by atoms with van der Waals surface area (Å²) in [4.78, 5) is 22.9. The first-order chi connectivity index (χ1) is 7.93. The van der Waals surface area contributed by atoms with E-state index in [1.807, 2.05) is 20.8 Å². The number of carboxylic acids is 1. The van der Waals surface area contributed by atoms with Crippen LogP contribution in [0.25, 0.3) is 0 Å². The number of amides is 1. The molecule has 0 aromatic heterocycles. The standard InChI is InChI=1S/C12H24N2O3/c1-5-12(6-2,11(16)17)8-14-10(15)9(3)7-13-4/h9,13H,5-8H2,1-4H3,(H,14,15)(H,16,17). The van der Waals surface area contributed by atoms with Crippen LogP contribution in [0.3, 0.4) is 0 Å². The Hall–Kier alpha value is -1.10. The highest BCUT2D eigenvalue weighted by Crippen LogP contribution is 2.25.